The van der Waals surface area contributed by atoms with E-state index in [1.165, 1.54) is 12.1 Å². The lowest BCUT2D eigenvalue weighted by atomic mass is 9.77. The van der Waals surface area contributed by atoms with Crippen LogP contribution in [0, 0.1) is 0 Å². The maximum Gasteiger partial charge on any atom is 0.492 e. The number of benzene rings is 4. The number of hydrogen-bond donors (Lipinski definition) is 3. The molecule has 0 saturated carbocycles. The standard InChI is InChI=1S/C19H17BBr2ClNO3.C10H11BClNO2.C9H4Br2ClF3.H2O/c1-18(2)12-6-10(4-5-13(12)20(25)26-18)16-9-19(3,27-24-16)11-7-14(21)17(23)15(22)8-11;1-10(2,14)7-5-6(9(12)13-15)3-4-8(7)11;1-4(9(13,14)15)5-2-6(10)8(12)7(11)3-5;/h4-8,25H,9H2,1-3H3;3-5,14-15H,1-2H3;2-3H,1H2;1H2. The molecule has 0 saturated heterocycles. The molecule has 0 fully saturated rings. The number of allylic oxidation sites excluding steroid dienone is 1. The Hall–Kier alpha value is -1.89. The third-order valence-corrected chi connectivity index (χ3v) is 13.4. The van der Waals surface area contributed by atoms with Crippen molar-refractivity contribution in [3.8, 4) is 0 Å². The highest BCUT2D eigenvalue weighted by Gasteiger charge is 2.42. The first-order valence-corrected chi connectivity index (χ1v) is 20.8. The van der Waals surface area contributed by atoms with Crippen LogP contribution in [0.5, 0.6) is 0 Å². The van der Waals surface area contributed by atoms with E-state index in [1.54, 1.807) is 32.0 Å². The van der Waals surface area contributed by atoms with Crippen LogP contribution in [0.25, 0.3) is 5.57 Å². The molecule has 2 aliphatic rings. The Kier molecular flexibility index (Phi) is 16.9. The van der Waals surface area contributed by atoms with E-state index in [0.717, 1.165) is 36.8 Å². The number of halogens is 10. The second kappa shape index (κ2) is 19.4. The van der Waals surface area contributed by atoms with E-state index in [2.05, 4.69) is 80.6 Å². The van der Waals surface area contributed by atoms with Crippen molar-refractivity contribution >= 4 is 141 Å². The van der Waals surface area contributed by atoms with Gasteiger partial charge in [0.1, 0.15) is 7.85 Å². The topological polar surface area (TPSA) is 135 Å². The summed E-state index contributed by atoms with van der Waals surface area (Å²) in [6, 6.07) is 17.2. The fourth-order valence-electron chi connectivity index (χ4n) is 5.75. The number of nitrogens with zero attached hydrogens (tertiary/aromatic N) is 2. The summed E-state index contributed by atoms with van der Waals surface area (Å²) in [4.78, 5) is 5.86. The molecule has 0 aromatic heterocycles. The van der Waals surface area contributed by atoms with Gasteiger partial charge in [0.05, 0.1) is 32.5 Å². The Morgan fingerprint density at radius 1 is 0.914 bits per heavy atom. The molecule has 0 amide bonds. The Morgan fingerprint density at radius 2 is 1.45 bits per heavy atom. The van der Waals surface area contributed by atoms with Gasteiger partial charge in [-0.05, 0) is 162 Å². The second-order valence-electron chi connectivity index (χ2n) is 14.1. The van der Waals surface area contributed by atoms with Crippen molar-refractivity contribution in [2.75, 3.05) is 0 Å². The molecule has 1 unspecified atom stereocenters. The Labute approximate surface area is 384 Å². The molecule has 308 valence electrons. The summed E-state index contributed by atoms with van der Waals surface area (Å²) in [5, 5.41) is 36.6. The summed E-state index contributed by atoms with van der Waals surface area (Å²) in [7, 11) is 4.82. The number of oxime groups is 2. The van der Waals surface area contributed by atoms with E-state index >= 15 is 0 Å². The first-order chi connectivity index (χ1) is 26.2. The lowest BCUT2D eigenvalue weighted by Crippen LogP contribution is -2.28. The molecule has 4 aromatic rings. The van der Waals surface area contributed by atoms with E-state index in [-0.39, 0.29) is 16.2 Å². The van der Waals surface area contributed by atoms with Crippen molar-refractivity contribution in [3.63, 3.8) is 0 Å². The van der Waals surface area contributed by atoms with Gasteiger partial charge in [0.25, 0.3) is 0 Å². The van der Waals surface area contributed by atoms with Crippen LogP contribution >= 0.6 is 98.5 Å². The molecule has 2 radical (unpaired) electrons. The Morgan fingerprint density at radius 3 is 1.95 bits per heavy atom. The summed E-state index contributed by atoms with van der Waals surface area (Å²) < 4.78 is 45.0. The lowest BCUT2D eigenvalue weighted by molar-refractivity contribution is -0.0686. The van der Waals surface area contributed by atoms with Gasteiger partial charge in [-0.15, -0.1) is 0 Å². The Bertz CT molecular complexity index is 2230. The maximum absolute atomic E-state index is 12.3. The fourth-order valence-corrected chi connectivity index (χ4v) is 8.46. The van der Waals surface area contributed by atoms with Crippen LogP contribution in [-0.4, -0.2) is 52.8 Å². The zero-order chi connectivity index (χ0) is 43.0. The van der Waals surface area contributed by atoms with Gasteiger partial charge >= 0.3 is 13.3 Å². The second-order valence-corrected chi connectivity index (χ2v) is 18.6. The van der Waals surface area contributed by atoms with Gasteiger partial charge in [0.15, 0.2) is 10.8 Å². The van der Waals surface area contributed by atoms with E-state index in [4.69, 9.17) is 57.3 Å². The van der Waals surface area contributed by atoms with Crippen LogP contribution in [-0.2, 0) is 26.3 Å². The molecular weight excluding hydrogens is 1090 g/mol. The van der Waals surface area contributed by atoms with Gasteiger partial charge < -0.3 is 30.3 Å². The molecular formula is C38H34B2Br4Cl3F3N2O6. The Balaban J connectivity index is 0.000000250. The van der Waals surface area contributed by atoms with Gasteiger partial charge in [0, 0.05) is 35.4 Å². The van der Waals surface area contributed by atoms with Crippen LogP contribution < -0.4 is 10.9 Å². The molecule has 0 aliphatic carbocycles. The molecule has 5 N–H and O–H groups in total. The summed E-state index contributed by atoms with van der Waals surface area (Å²) >= 11 is 30.7. The molecule has 2 aliphatic heterocycles. The molecule has 8 nitrogen and oxygen atoms in total. The SMILES string of the molecule is C=C(c1cc(Br)c(Cl)c(Br)c1)C(F)(F)F.CC1(C)OB(O)c2ccc(C3=NOC(C)(c4cc(Br)c(Cl)c(Br)c4)C3)cc21.O.[B]c1ccc(C(Cl)=NO)cc1C(C)(C)O. The molecule has 1 atom stereocenters. The minimum atomic E-state index is -4.44. The minimum Gasteiger partial charge on any atom is -0.423 e. The van der Waals surface area contributed by atoms with Crippen molar-refractivity contribution in [2.24, 2.45) is 10.3 Å². The van der Waals surface area contributed by atoms with E-state index in [1.807, 2.05) is 51.1 Å². The maximum atomic E-state index is 12.3. The third-order valence-electron chi connectivity index (χ3n) is 8.88. The zero-order valence-electron chi connectivity index (χ0n) is 31.2. The molecule has 0 bridgehead atoms. The highest BCUT2D eigenvalue weighted by Crippen LogP contribution is 2.42. The molecule has 0 spiro atoms. The largest absolute Gasteiger partial charge is 0.492 e. The highest BCUT2D eigenvalue weighted by molar-refractivity contribution is 9.11. The van der Waals surface area contributed by atoms with Crippen molar-refractivity contribution in [1.82, 2.24) is 0 Å². The number of hydrogen-bond acceptors (Lipinski definition) is 7. The van der Waals surface area contributed by atoms with Gasteiger partial charge in [-0.3, -0.25) is 0 Å². The molecule has 4 aromatic carbocycles. The number of alkyl halides is 3. The highest BCUT2D eigenvalue weighted by atomic mass is 79.9. The van der Waals surface area contributed by atoms with Crippen molar-refractivity contribution in [2.45, 2.75) is 64.0 Å². The van der Waals surface area contributed by atoms with Gasteiger partial charge in [0.2, 0.25) is 0 Å². The normalized spacial score (nSPS) is 17.2. The van der Waals surface area contributed by atoms with Crippen molar-refractivity contribution in [1.29, 1.82) is 0 Å². The van der Waals surface area contributed by atoms with E-state index < -0.39 is 35.7 Å². The first-order valence-electron chi connectivity index (χ1n) is 16.5. The van der Waals surface area contributed by atoms with E-state index in [0.29, 0.717) is 42.0 Å². The van der Waals surface area contributed by atoms with Crippen LogP contribution in [0.3, 0.4) is 0 Å². The molecule has 58 heavy (non-hydrogen) atoms. The van der Waals surface area contributed by atoms with Crippen LogP contribution in [0.1, 0.15) is 74.4 Å². The quantitative estimate of drug-likeness (QED) is 0.0601. The fraction of sp³-hybridized carbons (Fsp3) is 0.263. The van der Waals surface area contributed by atoms with Crippen molar-refractivity contribution in [3.05, 3.63) is 129 Å². The summed E-state index contributed by atoms with van der Waals surface area (Å²) in [5.74, 6) is 0. The van der Waals surface area contributed by atoms with Crippen LogP contribution in [0.2, 0.25) is 10.0 Å². The predicted octanol–water partition coefficient (Wildman–Crippen LogP) is 10.6. The lowest BCUT2D eigenvalue weighted by Gasteiger charge is -2.23. The number of fused-ring (bicyclic) bond motifs is 1. The predicted molar refractivity (Wildman–Crippen MR) is 241 cm³/mol. The average Bonchev–Trinajstić information content (AvgIpc) is 3.64. The van der Waals surface area contributed by atoms with Crippen LogP contribution in [0.15, 0.2) is 95.4 Å². The average molecular weight is 1120 g/mol. The van der Waals surface area contributed by atoms with Gasteiger partial charge in [-0.2, -0.15) is 13.2 Å². The minimum absolute atomic E-state index is 0. The first kappa shape index (κ1) is 50.5. The third kappa shape index (κ3) is 11.7. The summed E-state index contributed by atoms with van der Waals surface area (Å²) in [5.41, 5.74) is 2.98. The number of rotatable bonds is 5. The molecule has 20 heteroatoms. The van der Waals surface area contributed by atoms with Crippen LogP contribution in [0.4, 0.5) is 13.2 Å². The van der Waals surface area contributed by atoms with Crippen molar-refractivity contribution < 1.29 is 43.5 Å². The molecule has 2 heterocycles. The van der Waals surface area contributed by atoms with Gasteiger partial charge in [-0.1, -0.05) is 81.4 Å². The molecule has 6 rings (SSSR count). The summed E-state index contributed by atoms with van der Waals surface area (Å²) in [6.45, 7) is 12.1. The van der Waals surface area contributed by atoms with Gasteiger partial charge in [-0.25, -0.2) is 0 Å². The monoisotopic (exact) mass is 1110 g/mol. The van der Waals surface area contributed by atoms with E-state index in [9.17, 15) is 23.3 Å². The number of aliphatic hydroxyl groups is 1. The zero-order valence-corrected chi connectivity index (χ0v) is 39.8. The summed E-state index contributed by atoms with van der Waals surface area (Å²) in [6.07, 6.45) is -3.82. The smallest absolute Gasteiger partial charge is 0.423 e.